The third-order valence-corrected chi connectivity index (χ3v) is 3.85. The Morgan fingerprint density at radius 1 is 1.20 bits per heavy atom. The van der Waals surface area contributed by atoms with Crippen molar-refractivity contribution < 1.29 is 22.4 Å². The zero-order valence-corrected chi connectivity index (χ0v) is 11.0. The van der Waals surface area contributed by atoms with Crippen molar-refractivity contribution in [3.05, 3.63) is 35.1 Å². The van der Waals surface area contributed by atoms with Crippen molar-refractivity contribution in [2.45, 2.75) is 44.7 Å². The summed E-state index contributed by atoms with van der Waals surface area (Å²) in [5.74, 6) is -1.19. The molecule has 1 aromatic rings. The molecule has 1 aliphatic rings. The van der Waals surface area contributed by atoms with Gasteiger partial charge in [-0.3, -0.25) is 4.79 Å². The van der Waals surface area contributed by atoms with Crippen LogP contribution in [0.1, 0.15) is 54.4 Å². The first-order valence-electron chi connectivity index (χ1n) is 6.78. The van der Waals surface area contributed by atoms with Gasteiger partial charge >= 0.3 is 6.18 Å². The van der Waals surface area contributed by atoms with Gasteiger partial charge in [0.1, 0.15) is 5.82 Å². The number of Topliss-reactive ketones (excluding diaryl/α,β-unsaturated/α-hetero) is 1. The monoisotopic (exact) mass is 288 g/mol. The molecule has 1 saturated carbocycles. The predicted octanol–water partition coefficient (Wildman–Crippen LogP) is 5.00. The fourth-order valence-electron chi connectivity index (χ4n) is 2.69. The zero-order chi connectivity index (χ0) is 14.8. The fraction of sp³-hybridized carbons (Fsp3) is 0.533. The van der Waals surface area contributed by atoms with E-state index < -0.39 is 17.6 Å². The van der Waals surface area contributed by atoms with Gasteiger partial charge in [-0.1, -0.05) is 25.7 Å². The van der Waals surface area contributed by atoms with Crippen molar-refractivity contribution in [2.75, 3.05) is 0 Å². The molecule has 1 aliphatic carbocycles. The van der Waals surface area contributed by atoms with Crippen molar-refractivity contribution >= 4 is 5.78 Å². The van der Waals surface area contributed by atoms with Crippen LogP contribution in [0.3, 0.4) is 0 Å². The fourth-order valence-corrected chi connectivity index (χ4v) is 2.69. The molecule has 0 bridgehead atoms. The first-order chi connectivity index (χ1) is 9.38. The van der Waals surface area contributed by atoms with Gasteiger partial charge in [0, 0.05) is 12.0 Å². The Kier molecular flexibility index (Phi) is 4.45. The largest absolute Gasteiger partial charge is 0.419 e. The second-order valence-corrected chi connectivity index (χ2v) is 5.30. The minimum absolute atomic E-state index is 0.0586. The van der Waals surface area contributed by atoms with E-state index in [1.54, 1.807) is 0 Å². The Labute approximate surface area is 115 Å². The Balaban J connectivity index is 2.06. The molecule has 0 aromatic heterocycles. The average Bonchev–Trinajstić information content (AvgIpc) is 2.88. The number of carbonyl (C=O) groups is 1. The predicted molar refractivity (Wildman–Crippen MR) is 66.9 cm³/mol. The summed E-state index contributed by atoms with van der Waals surface area (Å²) in [5.41, 5.74) is -1.43. The molecule has 5 heteroatoms. The van der Waals surface area contributed by atoms with E-state index in [4.69, 9.17) is 0 Å². The average molecular weight is 288 g/mol. The number of alkyl halides is 3. The third kappa shape index (κ3) is 3.58. The van der Waals surface area contributed by atoms with Crippen LogP contribution in [-0.4, -0.2) is 5.78 Å². The summed E-state index contributed by atoms with van der Waals surface area (Å²) in [4.78, 5) is 11.9. The number of carbonyl (C=O) groups excluding carboxylic acids is 1. The second kappa shape index (κ2) is 5.94. The lowest BCUT2D eigenvalue weighted by molar-refractivity contribution is -0.140. The molecule has 0 unspecified atom stereocenters. The van der Waals surface area contributed by atoms with Crippen LogP contribution in [0.5, 0.6) is 0 Å². The van der Waals surface area contributed by atoms with Gasteiger partial charge in [-0.05, 0) is 30.5 Å². The molecule has 20 heavy (non-hydrogen) atoms. The van der Waals surface area contributed by atoms with Crippen LogP contribution in [0.15, 0.2) is 18.2 Å². The summed E-state index contributed by atoms with van der Waals surface area (Å²) in [6.45, 7) is 0. The van der Waals surface area contributed by atoms with E-state index in [0.717, 1.165) is 31.7 Å². The number of halogens is 4. The summed E-state index contributed by atoms with van der Waals surface area (Å²) < 4.78 is 50.8. The molecule has 110 valence electrons. The van der Waals surface area contributed by atoms with Crippen LogP contribution < -0.4 is 0 Å². The molecule has 0 spiro atoms. The highest BCUT2D eigenvalue weighted by atomic mass is 19.4. The van der Waals surface area contributed by atoms with Crippen molar-refractivity contribution in [1.82, 2.24) is 0 Å². The van der Waals surface area contributed by atoms with E-state index in [1.165, 1.54) is 0 Å². The molecule has 0 heterocycles. The minimum atomic E-state index is -4.77. The molecular formula is C15H16F4O. The van der Waals surface area contributed by atoms with Crippen LogP contribution in [-0.2, 0) is 6.18 Å². The molecule has 1 fully saturated rings. The van der Waals surface area contributed by atoms with Crippen LogP contribution in [0.2, 0.25) is 0 Å². The molecule has 0 atom stereocenters. The van der Waals surface area contributed by atoms with E-state index in [0.29, 0.717) is 24.5 Å². The highest BCUT2D eigenvalue weighted by Crippen LogP contribution is 2.33. The quantitative estimate of drug-likeness (QED) is 0.563. The summed E-state index contributed by atoms with van der Waals surface area (Å²) in [7, 11) is 0. The maximum atomic E-state index is 13.1. The number of hydrogen-bond acceptors (Lipinski definition) is 1. The molecular weight excluding hydrogens is 272 g/mol. The minimum Gasteiger partial charge on any atom is -0.294 e. The van der Waals surface area contributed by atoms with Gasteiger partial charge in [0.2, 0.25) is 0 Å². The van der Waals surface area contributed by atoms with Crippen LogP contribution >= 0.6 is 0 Å². The van der Waals surface area contributed by atoms with Gasteiger partial charge < -0.3 is 0 Å². The summed E-state index contributed by atoms with van der Waals surface area (Å²) in [6.07, 6.45) is 0.660. The standard InChI is InChI=1S/C15H16F4O/c16-13-7-6-11(9-12(13)15(17,18)19)14(20)8-5-10-3-1-2-4-10/h6-7,9-10H,1-5,8H2. The molecule has 0 aliphatic heterocycles. The van der Waals surface area contributed by atoms with E-state index >= 15 is 0 Å². The summed E-state index contributed by atoms with van der Waals surface area (Å²) in [6, 6.07) is 2.46. The number of rotatable bonds is 4. The van der Waals surface area contributed by atoms with E-state index in [-0.39, 0.29) is 17.8 Å². The maximum absolute atomic E-state index is 13.1. The second-order valence-electron chi connectivity index (χ2n) is 5.30. The van der Waals surface area contributed by atoms with E-state index in [1.807, 2.05) is 0 Å². The lowest BCUT2D eigenvalue weighted by Crippen LogP contribution is -2.11. The van der Waals surface area contributed by atoms with Gasteiger partial charge in [0.25, 0.3) is 0 Å². The zero-order valence-electron chi connectivity index (χ0n) is 11.0. The smallest absolute Gasteiger partial charge is 0.294 e. The van der Waals surface area contributed by atoms with Crippen molar-refractivity contribution in [3.63, 3.8) is 0 Å². The highest BCUT2D eigenvalue weighted by molar-refractivity contribution is 5.96. The van der Waals surface area contributed by atoms with Crippen LogP contribution in [0.25, 0.3) is 0 Å². The lowest BCUT2D eigenvalue weighted by atomic mass is 9.96. The van der Waals surface area contributed by atoms with Gasteiger partial charge in [-0.15, -0.1) is 0 Å². The molecule has 0 amide bonds. The van der Waals surface area contributed by atoms with Crippen molar-refractivity contribution in [1.29, 1.82) is 0 Å². The summed E-state index contributed by atoms with van der Waals surface area (Å²) in [5, 5.41) is 0. The van der Waals surface area contributed by atoms with Crippen molar-refractivity contribution in [3.8, 4) is 0 Å². The molecule has 0 radical (unpaired) electrons. The molecule has 2 rings (SSSR count). The Morgan fingerprint density at radius 2 is 1.85 bits per heavy atom. The van der Waals surface area contributed by atoms with E-state index in [2.05, 4.69) is 0 Å². The number of ketones is 1. The Hall–Kier alpha value is -1.39. The third-order valence-electron chi connectivity index (χ3n) is 3.85. The number of benzene rings is 1. The van der Waals surface area contributed by atoms with Gasteiger partial charge in [0.15, 0.2) is 5.78 Å². The molecule has 1 nitrogen and oxygen atoms in total. The van der Waals surface area contributed by atoms with Gasteiger partial charge in [-0.2, -0.15) is 13.2 Å². The lowest BCUT2D eigenvalue weighted by Gasteiger charge is -2.11. The maximum Gasteiger partial charge on any atom is 0.419 e. The van der Waals surface area contributed by atoms with Gasteiger partial charge in [-0.25, -0.2) is 4.39 Å². The number of hydrogen-bond donors (Lipinski definition) is 0. The topological polar surface area (TPSA) is 17.1 Å². The van der Waals surface area contributed by atoms with Crippen LogP contribution in [0.4, 0.5) is 17.6 Å². The molecule has 1 aromatic carbocycles. The Morgan fingerprint density at radius 3 is 2.45 bits per heavy atom. The first-order valence-corrected chi connectivity index (χ1v) is 6.78. The first kappa shape index (κ1) is 15.0. The van der Waals surface area contributed by atoms with Gasteiger partial charge in [0.05, 0.1) is 5.56 Å². The molecule has 0 saturated heterocycles. The van der Waals surface area contributed by atoms with E-state index in [9.17, 15) is 22.4 Å². The summed E-state index contributed by atoms with van der Waals surface area (Å²) >= 11 is 0. The SMILES string of the molecule is O=C(CCC1CCCC1)c1ccc(F)c(C(F)(F)F)c1. The Bertz CT molecular complexity index is 487. The van der Waals surface area contributed by atoms with Crippen LogP contribution in [0, 0.1) is 11.7 Å². The van der Waals surface area contributed by atoms with Crippen molar-refractivity contribution in [2.24, 2.45) is 5.92 Å². The normalized spacial score (nSPS) is 16.6. The highest BCUT2D eigenvalue weighted by Gasteiger charge is 2.34. The molecule has 0 N–H and O–H groups in total.